The molecule has 50 heavy (non-hydrogen) atoms. The molecule has 0 aliphatic carbocycles. The van der Waals surface area contributed by atoms with Crippen molar-refractivity contribution in [3.63, 3.8) is 0 Å². The molecular weight excluding hydrogens is 625 g/mol. The van der Waals surface area contributed by atoms with Crippen molar-refractivity contribution in [1.82, 2.24) is 4.57 Å². The van der Waals surface area contributed by atoms with E-state index in [1.54, 1.807) is 0 Å². The summed E-state index contributed by atoms with van der Waals surface area (Å²) in [5.41, 5.74) is 5.90. The van der Waals surface area contributed by atoms with E-state index in [2.05, 4.69) is 100 Å². The maximum atomic E-state index is 11.1. The highest BCUT2D eigenvalue weighted by molar-refractivity contribution is 7.20. The lowest BCUT2D eigenvalue weighted by molar-refractivity contribution is 1.19. The predicted molar refractivity (Wildman–Crippen MR) is 206 cm³/mol. The zero-order valence-electron chi connectivity index (χ0n) is 27.0. The molecule has 0 saturated heterocycles. The molecule has 0 saturated carbocycles. The lowest BCUT2D eigenvalue weighted by Gasteiger charge is -2.35. The summed E-state index contributed by atoms with van der Waals surface area (Å²) in [5, 5.41) is 27.2. The van der Waals surface area contributed by atoms with Crippen LogP contribution in [0.25, 0.3) is 43.5 Å². The second-order valence-corrected chi connectivity index (χ2v) is 16.0. The van der Waals surface area contributed by atoms with Gasteiger partial charge >= 0.3 is 0 Å². The highest BCUT2D eigenvalue weighted by atomic mass is 28.3. The lowest BCUT2D eigenvalue weighted by Crippen LogP contribution is -2.75. The third kappa shape index (κ3) is 4.72. The van der Waals surface area contributed by atoms with Gasteiger partial charge in [0, 0.05) is 10.8 Å². The molecule has 8 aromatic rings. The molecular formula is C45H28N4Si. The van der Waals surface area contributed by atoms with Gasteiger partial charge in [0.25, 0.3) is 0 Å². The molecule has 0 radical (unpaired) electrons. The molecule has 232 valence electrons. The summed E-state index contributed by atoms with van der Waals surface area (Å²) in [6.45, 7) is 8.31. The van der Waals surface area contributed by atoms with Crippen molar-refractivity contribution < 1.29 is 0 Å². The predicted octanol–water partition coefficient (Wildman–Crippen LogP) is 8.12. The fourth-order valence-electron chi connectivity index (χ4n) is 7.53. The van der Waals surface area contributed by atoms with Crippen molar-refractivity contribution in [3.8, 4) is 29.0 Å². The van der Waals surface area contributed by atoms with Gasteiger partial charge in [0.05, 0.1) is 46.6 Å². The second-order valence-electron chi connectivity index (χ2n) is 12.2. The third-order valence-electron chi connectivity index (χ3n) is 9.65. The van der Waals surface area contributed by atoms with E-state index in [0.717, 1.165) is 43.8 Å². The van der Waals surface area contributed by atoms with Crippen molar-refractivity contribution in [2.75, 3.05) is 0 Å². The van der Waals surface area contributed by atoms with Crippen molar-refractivity contribution in [3.05, 3.63) is 192 Å². The minimum absolute atomic E-state index is 0.474. The highest BCUT2D eigenvalue weighted by Gasteiger charge is 2.43. The second kappa shape index (κ2) is 12.6. The first-order valence-electron chi connectivity index (χ1n) is 16.3. The summed E-state index contributed by atoms with van der Waals surface area (Å²) >= 11 is 0. The molecule has 8 rings (SSSR count). The van der Waals surface area contributed by atoms with Crippen molar-refractivity contribution in [1.29, 1.82) is 10.5 Å². The number of para-hydroxylation sites is 1. The fraction of sp³-hybridized carbons (Fsp3) is 0. The average molecular weight is 653 g/mol. The molecule has 0 aliphatic heterocycles. The van der Waals surface area contributed by atoms with Crippen LogP contribution in [0.4, 0.5) is 5.69 Å². The van der Waals surface area contributed by atoms with Crippen LogP contribution >= 0.6 is 0 Å². The number of nitrogens with zero attached hydrogens (tertiary/aromatic N) is 4. The number of rotatable bonds is 6. The Morgan fingerprint density at radius 3 is 1.74 bits per heavy atom. The highest BCUT2D eigenvalue weighted by Crippen LogP contribution is 2.38. The molecule has 0 atom stereocenters. The van der Waals surface area contributed by atoms with Crippen molar-refractivity contribution >= 4 is 56.3 Å². The molecule has 4 nitrogen and oxygen atoms in total. The molecule has 7 aromatic carbocycles. The van der Waals surface area contributed by atoms with Crippen molar-refractivity contribution in [2.24, 2.45) is 0 Å². The first-order chi connectivity index (χ1) is 24.7. The van der Waals surface area contributed by atoms with Gasteiger partial charge in [0.2, 0.25) is 5.69 Å². The largest absolute Gasteiger partial charge is 0.319 e. The van der Waals surface area contributed by atoms with E-state index in [-0.39, 0.29) is 0 Å². The zero-order valence-corrected chi connectivity index (χ0v) is 28.0. The van der Waals surface area contributed by atoms with Crippen LogP contribution in [0.2, 0.25) is 0 Å². The molecule has 0 bridgehead atoms. The fourth-order valence-corrected chi connectivity index (χ4v) is 12.5. The van der Waals surface area contributed by atoms with E-state index in [1.165, 1.54) is 15.6 Å². The number of nitriles is 2. The molecule has 0 N–H and O–H groups in total. The van der Waals surface area contributed by atoms with E-state index in [1.807, 2.05) is 91.0 Å². The van der Waals surface area contributed by atoms with Gasteiger partial charge in [-0.2, -0.15) is 10.5 Å². The van der Waals surface area contributed by atoms with Crippen LogP contribution in [0.1, 0.15) is 11.1 Å². The lowest BCUT2D eigenvalue weighted by atomic mass is 9.99. The van der Waals surface area contributed by atoms with E-state index in [0.29, 0.717) is 16.8 Å². The number of hydrogen-bond acceptors (Lipinski definition) is 2. The van der Waals surface area contributed by atoms with Gasteiger partial charge in [-0.1, -0.05) is 133 Å². The minimum atomic E-state index is -2.99. The molecule has 0 spiro atoms. The third-order valence-corrected chi connectivity index (χ3v) is 14.5. The maximum Gasteiger partial charge on any atom is 0.211 e. The Morgan fingerprint density at radius 2 is 1.14 bits per heavy atom. The smallest absolute Gasteiger partial charge is 0.211 e. The molecule has 0 fully saturated rings. The Labute approximate surface area is 291 Å². The summed E-state index contributed by atoms with van der Waals surface area (Å²) < 4.78 is 2.10. The molecule has 5 heteroatoms. The van der Waals surface area contributed by atoms with Crippen LogP contribution in [0.15, 0.2) is 170 Å². The van der Waals surface area contributed by atoms with Gasteiger partial charge < -0.3 is 4.57 Å². The van der Waals surface area contributed by atoms with Crippen LogP contribution in [0.5, 0.6) is 0 Å². The van der Waals surface area contributed by atoms with Crippen LogP contribution in [0.3, 0.4) is 0 Å². The van der Waals surface area contributed by atoms with Gasteiger partial charge in [-0.05, 0) is 68.3 Å². The van der Waals surface area contributed by atoms with Crippen LogP contribution in [0, 0.1) is 29.2 Å². The quantitative estimate of drug-likeness (QED) is 0.104. The summed E-state index contributed by atoms with van der Waals surface area (Å²) in [6, 6.07) is 62.5. The summed E-state index contributed by atoms with van der Waals surface area (Å²) in [4.78, 5) is 4.03. The summed E-state index contributed by atoms with van der Waals surface area (Å²) in [5.74, 6) is 0. The van der Waals surface area contributed by atoms with Crippen LogP contribution in [-0.4, -0.2) is 12.6 Å². The summed E-state index contributed by atoms with van der Waals surface area (Å²) in [7, 11) is -2.99. The summed E-state index contributed by atoms with van der Waals surface area (Å²) in [6.07, 6.45) is 0. The Kier molecular flexibility index (Phi) is 7.63. The number of benzene rings is 7. The van der Waals surface area contributed by atoms with Gasteiger partial charge in [-0.25, -0.2) is 4.85 Å². The van der Waals surface area contributed by atoms with Crippen LogP contribution < -0.4 is 20.7 Å². The molecule has 0 aliphatic rings. The topological polar surface area (TPSA) is 56.9 Å². The standard InChI is InChI=1S/C45H28N4Si/c1-48-41-29-33(25-27-44(41)49-42-22-12-11-20-38(42)39-28-32(30-46)24-26-43(39)49)37-21-13-23-45(40(37)31-47)50(34-14-5-2-6-15-34,35-16-7-3-8-17-35)36-18-9-4-10-19-36/h2-29H. The number of aromatic nitrogens is 1. The molecule has 1 aromatic heterocycles. The minimum Gasteiger partial charge on any atom is -0.319 e. The van der Waals surface area contributed by atoms with Gasteiger partial charge in [0.1, 0.15) is 0 Å². The zero-order chi connectivity index (χ0) is 34.1. The van der Waals surface area contributed by atoms with E-state index in [9.17, 15) is 10.5 Å². The molecule has 0 amide bonds. The van der Waals surface area contributed by atoms with Gasteiger partial charge in [0.15, 0.2) is 8.07 Å². The normalized spacial score (nSPS) is 11.1. The first-order valence-corrected chi connectivity index (χ1v) is 18.3. The SMILES string of the molecule is [C-]#[N+]c1cc(-c2cccc([Si](c3ccccc3)(c3ccccc3)c3ccccc3)c2C#N)ccc1-n1c2ccccc2c2cc(C#N)ccc21. The first kappa shape index (κ1) is 30.4. The van der Waals surface area contributed by atoms with Crippen LogP contribution in [-0.2, 0) is 0 Å². The monoisotopic (exact) mass is 652 g/mol. The molecule has 0 unspecified atom stereocenters. The average Bonchev–Trinajstić information content (AvgIpc) is 3.52. The van der Waals surface area contributed by atoms with E-state index < -0.39 is 8.07 Å². The number of fused-ring (bicyclic) bond motifs is 3. The van der Waals surface area contributed by atoms with Gasteiger partial charge in [-0.3, -0.25) is 0 Å². The van der Waals surface area contributed by atoms with E-state index in [4.69, 9.17) is 6.57 Å². The van der Waals surface area contributed by atoms with Crippen molar-refractivity contribution in [2.45, 2.75) is 0 Å². The van der Waals surface area contributed by atoms with E-state index >= 15 is 0 Å². The number of hydrogen-bond donors (Lipinski definition) is 0. The van der Waals surface area contributed by atoms with Gasteiger partial charge in [-0.15, -0.1) is 0 Å². The Hall–Kier alpha value is -6.97. The maximum absolute atomic E-state index is 11.1. The Bertz CT molecular complexity index is 2580. The Balaban J connectivity index is 1.38. The Morgan fingerprint density at radius 1 is 0.540 bits per heavy atom. The molecule has 1 heterocycles.